The number of fused-ring (bicyclic) bond motifs is 7. The van der Waals surface area contributed by atoms with E-state index >= 15 is 0 Å². The second kappa shape index (κ2) is 17.3. The molecule has 4 aliphatic carbocycles. The number of aliphatic hydroxyl groups excluding tert-OH is 9. The highest BCUT2D eigenvalue weighted by molar-refractivity contribution is 5.26. The van der Waals surface area contributed by atoms with E-state index in [4.69, 9.17) is 33.2 Å². The van der Waals surface area contributed by atoms with E-state index in [-0.39, 0.29) is 22.7 Å². The molecule has 9 rings (SSSR count). The lowest BCUT2D eigenvalue weighted by Crippen LogP contribution is -2.67. The van der Waals surface area contributed by atoms with Crippen molar-refractivity contribution in [2.45, 2.75) is 202 Å². The van der Waals surface area contributed by atoms with Crippen molar-refractivity contribution in [3.8, 4) is 0 Å². The third-order valence-corrected chi connectivity index (χ3v) is 17.9. The average molecular weight is 884 g/mol. The summed E-state index contributed by atoms with van der Waals surface area (Å²) >= 11 is 0. The Hall–Kier alpha value is -0.940. The first-order valence-corrected chi connectivity index (χ1v) is 23.5. The number of rotatable bonds is 8. The minimum atomic E-state index is -1.81. The average Bonchev–Trinajstić information content (AvgIpc) is 3.70. The summed E-state index contributed by atoms with van der Waals surface area (Å²) < 4.78 is 42.9. The van der Waals surface area contributed by atoms with Crippen LogP contribution in [0, 0.1) is 46.3 Å². The molecule has 0 unspecified atom stereocenters. The van der Waals surface area contributed by atoms with Crippen LogP contribution in [0.15, 0.2) is 11.6 Å². The first-order valence-electron chi connectivity index (χ1n) is 23.5. The maximum absolute atomic E-state index is 11.8. The highest BCUT2D eigenvalue weighted by Gasteiger charge is 2.68. The van der Waals surface area contributed by atoms with Gasteiger partial charge in [0.05, 0.1) is 31.5 Å². The van der Waals surface area contributed by atoms with Gasteiger partial charge < -0.3 is 79.1 Å². The minimum absolute atomic E-state index is 0.00160. The molecule has 0 aromatic heterocycles. The molecule has 1 spiro atoms. The molecule has 17 heteroatoms. The van der Waals surface area contributed by atoms with Crippen molar-refractivity contribution in [3.05, 3.63) is 11.6 Å². The van der Waals surface area contributed by atoms with Crippen molar-refractivity contribution in [1.29, 1.82) is 0 Å². The number of allylic oxidation sites excluding steroid dienone is 1. The van der Waals surface area contributed by atoms with Crippen LogP contribution in [0.3, 0.4) is 0 Å². The van der Waals surface area contributed by atoms with E-state index in [2.05, 4.69) is 39.1 Å². The molecule has 10 N–H and O–H groups in total. The monoisotopic (exact) mass is 883 g/mol. The van der Waals surface area contributed by atoms with E-state index in [0.717, 1.165) is 32.2 Å². The van der Waals surface area contributed by atoms with E-state index < -0.39 is 105 Å². The summed E-state index contributed by atoms with van der Waals surface area (Å²) in [4.78, 5) is 0. The molecule has 0 amide bonds. The van der Waals surface area contributed by atoms with Crippen molar-refractivity contribution < 1.29 is 79.1 Å². The summed E-state index contributed by atoms with van der Waals surface area (Å²) in [7, 11) is 0. The molecule has 8 fully saturated rings. The first kappa shape index (κ1) is 46.2. The van der Waals surface area contributed by atoms with Gasteiger partial charge in [-0.1, -0.05) is 39.3 Å². The fourth-order valence-corrected chi connectivity index (χ4v) is 14.2. The van der Waals surface area contributed by atoms with Gasteiger partial charge in [-0.3, -0.25) is 5.32 Å². The molecule has 5 saturated heterocycles. The fraction of sp³-hybridized carbons (Fsp3) is 0.956. The number of nitrogens with one attached hydrogen (secondary N) is 1. The summed E-state index contributed by atoms with van der Waals surface area (Å²) in [5.74, 6) is 3.43. The van der Waals surface area contributed by atoms with Crippen LogP contribution in [0.4, 0.5) is 0 Å². The molecule has 9 aliphatic rings. The van der Waals surface area contributed by atoms with Crippen molar-refractivity contribution in [2.24, 2.45) is 46.3 Å². The molecule has 0 aromatic rings. The van der Waals surface area contributed by atoms with Crippen LogP contribution < -0.4 is 5.32 Å². The van der Waals surface area contributed by atoms with Crippen molar-refractivity contribution >= 4 is 0 Å². The van der Waals surface area contributed by atoms with Crippen LogP contribution >= 0.6 is 0 Å². The third kappa shape index (κ3) is 7.49. The van der Waals surface area contributed by atoms with Gasteiger partial charge in [0.2, 0.25) is 0 Å². The van der Waals surface area contributed by atoms with Gasteiger partial charge in [0, 0.05) is 12.5 Å². The molecule has 0 radical (unpaired) electrons. The molecule has 26 atom stereocenters. The number of aliphatic hydroxyl groups is 9. The Kier molecular flexibility index (Phi) is 12.9. The van der Waals surface area contributed by atoms with Gasteiger partial charge in [-0.25, -0.2) is 0 Å². The summed E-state index contributed by atoms with van der Waals surface area (Å²) in [6.45, 7) is 10.8. The Labute approximate surface area is 364 Å². The fourth-order valence-electron chi connectivity index (χ4n) is 14.2. The smallest absolute Gasteiger partial charge is 0.187 e. The normalized spacial score (nSPS) is 57.6. The predicted octanol–water partition coefficient (Wildman–Crippen LogP) is -0.213. The zero-order valence-electron chi connectivity index (χ0n) is 36.7. The summed E-state index contributed by atoms with van der Waals surface area (Å²) in [6.07, 6.45) is -11.8. The van der Waals surface area contributed by atoms with Gasteiger partial charge >= 0.3 is 0 Å². The van der Waals surface area contributed by atoms with Gasteiger partial charge in [0.1, 0.15) is 72.9 Å². The van der Waals surface area contributed by atoms with Gasteiger partial charge in [0.25, 0.3) is 0 Å². The molecule has 0 aromatic carbocycles. The highest BCUT2D eigenvalue weighted by atomic mass is 16.8. The van der Waals surface area contributed by atoms with E-state index in [0.29, 0.717) is 54.5 Å². The molecule has 354 valence electrons. The Morgan fingerprint density at radius 1 is 0.694 bits per heavy atom. The lowest BCUT2D eigenvalue weighted by molar-refractivity contribution is -0.389. The topological polar surface area (TPSA) is 259 Å². The second-order valence-corrected chi connectivity index (χ2v) is 21.2. The second-order valence-electron chi connectivity index (χ2n) is 21.2. The van der Waals surface area contributed by atoms with Crippen molar-refractivity contribution in [3.63, 3.8) is 0 Å². The zero-order chi connectivity index (χ0) is 44.2. The van der Waals surface area contributed by atoms with Gasteiger partial charge in [-0.2, -0.15) is 0 Å². The lowest BCUT2D eigenvalue weighted by atomic mass is 9.47. The van der Waals surface area contributed by atoms with Crippen molar-refractivity contribution in [2.75, 3.05) is 19.8 Å². The number of piperidine rings is 1. The summed E-state index contributed by atoms with van der Waals surface area (Å²) in [5, 5.41) is 100. The highest BCUT2D eigenvalue weighted by Crippen LogP contribution is 2.70. The summed E-state index contributed by atoms with van der Waals surface area (Å²) in [6, 6.07) is 0. The number of ether oxygens (including phenoxy) is 7. The van der Waals surface area contributed by atoms with Crippen LogP contribution in [0.5, 0.6) is 0 Å². The molecular formula is C45H73NO16. The van der Waals surface area contributed by atoms with Gasteiger partial charge in [-0.05, 0) is 105 Å². The molecule has 62 heavy (non-hydrogen) atoms. The third-order valence-electron chi connectivity index (χ3n) is 17.9. The maximum Gasteiger partial charge on any atom is 0.187 e. The molecule has 5 aliphatic heterocycles. The van der Waals surface area contributed by atoms with Gasteiger partial charge in [-0.15, -0.1) is 0 Å². The SMILES string of the molecule is C[C@@H]1CC[C@]2(NC1)O[C@@H]1C[C@@H]3[C@H]4CC=C5C[C@@H](O[C@H]6O[C@@H](CO)[C@H](O)[C@@H](O[C@@H]7O[C@H](CO)[C@@H](O)[C@H](O)[C@@H]7O[C@@H]7O[C@H](C)[C@@H](O)[C@H](O)[C@@H]7O)[C@@H]6O)CC[C@@]5(C)[C@@H]4CC[C@@]3(C)[C@@H]1[C@H]2C. The van der Waals surface area contributed by atoms with E-state index in [1.165, 1.54) is 31.8 Å². The van der Waals surface area contributed by atoms with E-state index in [1.807, 2.05) is 0 Å². The first-order chi connectivity index (χ1) is 29.4. The number of hydrogen-bond donors (Lipinski definition) is 10. The van der Waals surface area contributed by atoms with Crippen molar-refractivity contribution in [1.82, 2.24) is 5.32 Å². The number of hydrogen-bond acceptors (Lipinski definition) is 17. The van der Waals surface area contributed by atoms with Gasteiger partial charge in [0.15, 0.2) is 18.9 Å². The quantitative estimate of drug-likeness (QED) is 0.142. The molecule has 17 nitrogen and oxygen atoms in total. The maximum atomic E-state index is 11.8. The van der Waals surface area contributed by atoms with E-state index in [9.17, 15) is 46.0 Å². The zero-order valence-corrected chi connectivity index (χ0v) is 36.7. The molecule has 5 heterocycles. The Balaban J connectivity index is 0.877. The van der Waals surface area contributed by atoms with E-state index in [1.54, 1.807) is 0 Å². The Morgan fingerprint density at radius 2 is 1.39 bits per heavy atom. The largest absolute Gasteiger partial charge is 0.394 e. The summed E-state index contributed by atoms with van der Waals surface area (Å²) in [5.41, 5.74) is 1.41. The van der Waals surface area contributed by atoms with Crippen LogP contribution in [0.25, 0.3) is 0 Å². The van der Waals surface area contributed by atoms with Crippen LogP contribution in [0.1, 0.15) is 92.4 Å². The standard InChI is InChI=1S/C45H73NO16/c1-19-8-13-45(46-16-19)20(2)30-27(62-45)15-26-24-7-6-22-14-23(9-11-43(22,4)25(24)10-12-44(26,30)5)57-41-37(55)38(33(51)29(18-48)58-41)60-42-39(35(53)32(50)28(17-47)59-42)61-40-36(54)34(52)31(49)21(3)56-40/h6,19-21,23-42,46-55H,7-18H2,1-5H3/t19-,20-,21-,23+,24+,25-,26-,27-,28-,29+,30-,31-,32-,33+,34+,35+,36+,37+,38-,39+,40+,41+,42+,43-,44-,45+/m1/s1. The minimum Gasteiger partial charge on any atom is -0.394 e. The van der Waals surface area contributed by atoms with Crippen LogP contribution in [0.2, 0.25) is 0 Å². The lowest BCUT2D eigenvalue weighted by Gasteiger charge is -2.59. The predicted molar refractivity (Wildman–Crippen MR) is 216 cm³/mol. The van der Waals surface area contributed by atoms with Crippen LogP contribution in [-0.4, -0.2) is 176 Å². The Bertz CT molecular complexity index is 1620. The molecule has 3 saturated carbocycles. The molecule has 0 bridgehead atoms. The molecular weight excluding hydrogens is 810 g/mol. The Morgan fingerprint density at radius 3 is 2.10 bits per heavy atom. The van der Waals surface area contributed by atoms with Crippen LogP contribution in [-0.2, 0) is 33.2 Å².